The van der Waals surface area contributed by atoms with Crippen LogP contribution in [0.5, 0.6) is 0 Å². The van der Waals surface area contributed by atoms with Crippen LogP contribution >= 0.6 is 11.3 Å². The second-order valence-corrected chi connectivity index (χ2v) is 11.7. The lowest BCUT2D eigenvalue weighted by atomic mass is 9.67. The zero-order valence-electron chi connectivity index (χ0n) is 21.8. The summed E-state index contributed by atoms with van der Waals surface area (Å²) in [7, 11) is 0. The largest absolute Gasteiger partial charge is 0.303 e. The number of thiazole rings is 1. The normalized spacial score (nSPS) is 18.4. The predicted octanol–water partition coefficient (Wildman–Crippen LogP) is 8.77. The summed E-state index contributed by atoms with van der Waals surface area (Å²) in [6.07, 6.45) is 10.6. The Labute approximate surface area is 196 Å². The molecule has 0 saturated heterocycles. The average molecular weight is 446 g/mol. The summed E-state index contributed by atoms with van der Waals surface area (Å²) in [4.78, 5) is 16.0. The summed E-state index contributed by atoms with van der Waals surface area (Å²) in [5.74, 6) is 2.79. The fraction of sp³-hybridized carbons (Fsp3) is 0.714. The minimum Gasteiger partial charge on any atom is -0.303 e. The average Bonchev–Trinajstić information content (AvgIpc) is 3.14. The molecule has 0 spiro atoms. The van der Waals surface area contributed by atoms with E-state index in [2.05, 4.69) is 91.8 Å². The van der Waals surface area contributed by atoms with Gasteiger partial charge in [0.2, 0.25) is 0 Å². The maximum atomic E-state index is 11.4. The number of hydrogen-bond donors (Lipinski definition) is 0. The van der Waals surface area contributed by atoms with Crippen molar-refractivity contribution in [1.29, 1.82) is 0 Å². The van der Waals surface area contributed by atoms with Crippen molar-refractivity contribution in [2.24, 2.45) is 35.0 Å². The van der Waals surface area contributed by atoms with E-state index in [9.17, 15) is 4.79 Å². The summed E-state index contributed by atoms with van der Waals surface area (Å²) < 4.78 is 0. The Morgan fingerprint density at radius 3 is 2.32 bits per heavy atom. The van der Waals surface area contributed by atoms with Crippen molar-refractivity contribution in [3.8, 4) is 0 Å². The monoisotopic (exact) mass is 445 g/mol. The van der Waals surface area contributed by atoms with Crippen LogP contribution in [0.4, 0.5) is 0 Å². The molecule has 0 saturated carbocycles. The van der Waals surface area contributed by atoms with E-state index in [0.29, 0.717) is 29.6 Å². The Kier molecular flexibility index (Phi) is 11.4. The fourth-order valence-corrected chi connectivity index (χ4v) is 4.78. The second-order valence-electron chi connectivity index (χ2n) is 10.7. The maximum Gasteiger partial charge on any atom is 0.125 e. The first-order valence-electron chi connectivity index (χ1n) is 12.1. The van der Waals surface area contributed by atoms with Gasteiger partial charge in [-0.3, -0.25) is 0 Å². The van der Waals surface area contributed by atoms with E-state index in [-0.39, 0.29) is 5.41 Å². The number of aldehydes is 1. The van der Waals surface area contributed by atoms with Gasteiger partial charge in [0, 0.05) is 10.8 Å². The molecule has 1 aromatic rings. The Morgan fingerprint density at radius 2 is 1.77 bits per heavy atom. The third-order valence-electron chi connectivity index (χ3n) is 7.83. The maximum absolute atomic E-state index is 11.4. The molecule has 0 bridgehead atoms. The number of rotatable bonds is 13. The highest BCUT2D eigenvalue weighted by molar-refractivity contribution is 7.09. The Morgan fingerprint density at radius 1 is 1.13 bits per heavy atom. The van der Waals surface area contributed by atoms with Gasteiger partial charge >= 0.3 is 0 Å². The zero-order valence-corrected chi connectivity index (χ0v) is 22.6. The van der Waals surface area contributed by atoms with Gasteiger partial charge in [0.15, 0.2) is 0 Å². The topological polar surface area (TPSA) is 30.0 Å². The summed E-state index contributed by atoms with van der Waals surface area (Å²) in [6.45, 7) is 22.3. The number of carbonyl (C=O) groups is 1. The molecule has 0 amide bonds. The van der Waals surface area contributed by atoms with Crippen molar-refractivity contribution < 1.29 is 4.79 Å². The lowest BCUT2D eigenvalue weighted by Gasteiger charge is -2.37. The van der Waals surface area contributed by atoms with Crippen LogP contribution in [0.15, 0.2) is 22.6 Å². The van der Waals surface area contributed by atoms with Crippen LogP contribution in [0.3, 0.4) is 0 Å². The molecule has 0 radical (unpaired) electrons. The second kappa shape index (κ2) is 12.7. The van der Waals surface area contributed by atoms with E-state index < -0.39 is 0 Å². The smallest absolute Gasteiger partial charge is 0.125 e. The number of aromatic nitrogens is 1. The van der Waals surface area contributed by atoms with Gasteiger partial charge in [-0.05, 0) is 75.7 Å². The molecule has 5 atom stereocenters. The SMILES string of the molecule is C/C(=C/CC(C)/C(C)=C/c1csc(C)n1)CCC[C@H](C)[C@H](C)[C@@H](C)[C@@H](C)C(C)(C)C=O. The highest BCUT2D eigenvalue weighted by atomic mass is 32.1. The van der Waals surface area contributed by atoms with Crippen molar-refractivity contribution in [1.82, 2.24) is 4.98 Å². The molecular weight excluding hydrogens is 398 g/mol. The molecule has 2 nitrogen and oxygen atoms in total. The minimum atomic E-state index is -0.242. The molecule has 1 heterocycles. The van der Waals surface area contributed by atoms with Crippen LogP contribution < -0.4 is 0 Å². The molecule has 0 fully saturated rings. The highest BCUT2D eigenvalue weighted by Gasteiger charge is 2.33. The molecule has 0 aliphatic carbocycles. The number of hydrogen-bond acceptors (Lipinski definition) is 3. The zero-order chi connectivity index (χ0) is 23.8. The first-order chi connectivity index (χ1) is 14.4. The molecule has 0 aromatic carbocycles. The Hall–Kier alpha value is -1.22. The van der Waals surface area contributed by atoms with Crippen LogP contribution in [0.1, 0.15) is 98.7 Å². The fourth-order valence-electron chi connectivity index (χ4n) is 4.21. The van der Waals surface area contributed by atoms with E-state index in [1.165, 1.54) is 30.4 Å². The molecule has 1 rings (SSSR count). The van der Waals surface area contributed by atoms with Gasteiger partial charge in [0.25, 0.3) is 0 Å². The van der Waals surface area contributed by atoms with E-state index in [0.717, 1.165) is 23.4 Å². The van der Waals surface area contributed by atoms with E-state index in [1.54, 1.807) is 11.3 Å². The minimum absolute atomic E-state index is 0.242. The van der Waals surface area contributed by atoms with Crippen molar-refractivity contribution in [2.75, 3.05) is 0 Å². The summed E-state index contributed by atoms with van der Waals surface area (Å²) in [5, 5.41) is 3.26. The van der Waals surface area contributed by atoms with Gasteiger partial charge in [0.05, 0.1) is 10.7 Å². The number of aryl methyl sites for hydroxylation is 1. The molecule has 31 heavy (non-hydrogen) atoms. The quantitative estimate of drug-likeness (QED) is 0.224. The van der Waals surface area contributed by atoms with Crippen molar-refractivity contribution in [3.05, 3.63) is 33.3 Å². The third-order valence-corrected chi connectivity index (χ3v) is 8.62. The van der Waals surface area contributed by atoms with Crippen LogP contribution in [0.2, 0.25) is 0 Å². The van der Waals surface area contributed by atoms with Gasteiger partial charge in [-0.2, -0.15) is 0 Å². The van der Waals surface area contributed by atoms with Gasteiger partial charge < -0.3 is 4.79 Å². The van der Waals surface area contributed by atoms with E-state index in [4.69, 9.17) is 0 Å². The van der Waals surface area contributed by atoms with Crippen molar-refractivity contribution in [3.63, 3.8) is 0 Å². The van der Waals surface area contributed by atoms with Crippen LogP contribution in [-0.2, 0) is 4.79 Å². The Balaban J connectivity index is 2.47. The first kappa shape index (κ1) is 27.8. The molecular formula is C28H47NOS. The standard InChI is InChI=1S/C28H47NOS/c1-19(14-15-20(2)22(4)16-27-17-31-26(8)29-27)12-11-13-21(3)23(5)24(6)25(7)28(9,10)18-30/h14,16-18,20-21,23-25H,11-13,15H2,1-10H3/b19-14-,22-16+/t20?,21-,23-,24+,25+/m0/s1. The first-order valence-corrected chi connectivity index (χ1v) is 13.0. The Bertz CT molecular complexity index is 742. The van der Waals surface area contributed by atoms with Gasteiger partial charge in [0.1, 0.15) is 6.29 Å². The van der Waals surface area contributed by atoms with Gasteiger partial charge in [-0.1, -0.05) is 72.1 Å². The van der Waals surface area contributed by atoms with Crippen molar-refractivity contribution in [2.45, 2.75) is 94.9 Å². The van der Waals surface area contributed by atoms with Gasteiger partial charge in [-0.15, -0.1) is 11.3 Å². The van der Waals surface area contributed by atoms with Gasteiger partial charge in [-0.25, -0.2) is 4.98 Å². The van der Waals surface area contributed by atoms with Crippen LogP contribution in [-0.4, -0.2) is 11.3 Å². The molecule has 3 heteroatoms. The lowest BCUT2D eigenvalue weighted by Crippen LogP contribution is -2.33. The van der Waals surface area contributed by atoms with Crippen LogP contribution in [0, 0.1) is 41.9 Å². The van der Waals surface area contributed by atoms with E-state index >= 15 is 0 Å². The number of nitrogens with zero attached hydrogens (tertiary/aromatic N) is 1. The number of allylic oxidation sites excluding steroid dienone is 3. The predicted molar refractivity (Wildman–Crippen MR) is 138 cm³/mol. The molecule has 1 unspecified atom stereocenters. The summed E-state index contributed by atoms with van der Waals surface area (Å²) >= 11 is 1.71. The third kappa shape index (κ3) is 9.04. The molecule has 0 aliphatic rings. The molecule has 1 aromatic heterocycles. The summed E-state index contributed by atoms with van der Waals surface area (Å²) in [5.41, 5.74) is 3.76. The number of carbonyl (C=O) groups excluding carboxylic acids is 1. The molecule has 0 aliphatic heterocycles. The molecule has 0 N–H and O–H groups in total. The molecule has 176 valence electrons. The van der Waals surface area contributed by atoms with Crippen molar-refractivity contribution >= 4 is 23.7 Å². The van der Waals surface area contributed by atoms with E-state index in [1.807, 2.05) is 0 Å². The highest BCUT2D eigenvalue weighted by Crippen LogP contribution is 2.38. The van der Waals surface area contributed by atoms with Crippen LogP contribution in [0.25, 0.3) is 6.08 Å². The summed E-state index contributed by atoms with van der Waals surface area (Å²) in [6, 6.07) is 0. The lowest BCUT2D eigenvalue weighted by molar-refractivity contribution is -0.118.